The molecule has 9 nitrogen and oxygen atoms in total. The number of rotatable bonds is 7. The Balaban J connectivity index is 2.41. The van der Waals surface area contributed by atoms with Crippen molar-refractivity contribution in [2.75, 3.05) is 0 Å². The van der Waals surface area contributed by atoms with Crippen molar-refractivity contribution in [3.63, 3.8) is 0 Å². The van der Waals surface area contributed by atoms with E-state index in [1.165, 1.54) is 17.3 Å². The van der Waals surface area contributed by atoms with Gasteiger partial charge in [0.25, 0.3) is 0 Å². The van der Waals surface area contributed by atoms with Gasteiger partial charge in [-0.05, 0) is 0 Å². The van der Waals surface area contributed by atoms with Gasteiger partial charge in [0.15, 0.2) is 0 Å². The van der Waals surface area contributed by atoms with Crippen LogP contribution in [0.25, 0.3) is 0 Å². The van der Waals surface area contributed by atoms with E-state index in [0.717, 1.165) is 0 Å². The third-order valence-corrected chi connectivity index (χ3v) is 2.05. The Kier molecular flexibility index (Phi) is 4.78. The van der Waals surface area contributed by atoms with Crippen LogP contribution in [0.15, 0.2) is 12.7 Å². The summed E-state index contributed by atoms with van der Waals surface area (Å²) < 4.78 is 1.41. The fraction of sp³-hybridized carbons (Fsp3) is 0.444. The highest BCUT2D eigenvalue weighted by molar-refractivity contribution is 5.86. The highest BCUT2D eigenvalue weighted by Gasteiger charge is 2.22. The molecular weight excluding hydrogens is 244 g/mol. The topological polar surface area (TPSA) is 134 Å². The number of amides is 1. The number of hydrogen-bond acceptors (Lipinski definition) is 5. The van der Waals surface area contributed by atoms with Crippen molar-refractivity contribution in [2.45, 2.75) is 25.4 Å². The van der Waals surface area contributed by atoms with Crippen LogP contribution in [0.1, 0.15) is 12.8 Å². The molecule has 3 N–H and O–H groups in total. The number of carboxylic acid groups (broad SMARTS) is 2. The fourth-order valence-electron chi connectivity index (χ4n) is 1.21. The molecule has 0 bridgehead atoms. The molecule has 1 aromatic heterocycles. The third kappa shape index (κ3) is 4.60. The number of carbonyl (C=O) groups is 3. The summed E-state index contributed by atoms with van der Waals surface area (Å²) >= 11 is 0. The van der Waals surface area contributed by atoms with E-state index in [1.54, 1.807) is 0 Å². The van der Waals surface area contributed by atoms with E-state index in [2.05, 4.69) is 15.4 Å². The van der Waals surface area contributed by atoms with Crippen molar-refractivity contribution in [1.82, 2.24) is 20.1 Å². The largest absolute Gasteiger partial charge is 0.481 e. The summed E-state index contributed by atoms with van der Waals surface area (Å²) in [6.07, 6.45) is 2.05. The molecule has 0 saturated carbocycles. The zero-order valence-corrected chi connectivity index (χ0v) is 9.31. The molecule has 0 unspecified atom stereocenters. The minimum atomic E-state index is -1.43. The molecule has 0 fully saturated rings. The first kappa shape index (κ1) is 13.6. The van der Waals surface area contributed by atoms with Gasteiger partial charge in [0.2, 0.25) is 5.91 Å². The van der Waals surface area contributed by atoms with Crippen LogP contribution >= 0.6 is 0 Å². The van der Waals surface area contributed by atoms with Gasteiger partial charge in [-0.2, -0.15) is 5.10 Å². The van der Waals surface area contributed by atoms with E-state index in [0.29, 0.717) is 0 Å². The molecule has 9 heteroatoms. The van der Waals surface area contributed by atoms with E-state index in [4.69, 9.17) is 10.2 Å². The van der Waals surface area contributed by atoms with Gasteiger partial charge in [0.05, 0.1) is 13.0 Å². The smallest absolute Gasteiger partial charge is 0.326 e. The number of aryl methyl sites for hydroxylation is 1. The van der Waals surface area contributed by atoms with E-state index in [1.807, 2.05) is 0 Å². The average Bonchev–Trinajstić information content (AvgIpc) is 2.77. The summed E-state index contributed by atoms with van der Waals surface area (Å²) in [7, 11) is 0. The second-order valence-electron chi connectivity index (χ2n) is 3.46. The van der Waals surface area contributed by atoms with Crippen molar-refractivity contribution in [1.29, 1.82) is 0 Å². The van der Waals surface area contributed by atoms with Gasteiger partial charge in [-0.25, -0.2) is 9.78 Å². The maximum Gasteiger partial charge on any atom is 0.326 e. The van der Waals surface area contributed by atoms with Crippen LogP contribution in [0, 0.1) is 0 Å². The average molecular weight is 256 g/mol. The van der Waals surface area contributed by atoms with Crippen LogP contribution in [-0.2, 0) is 20.9 Å². The number of carbonyl (C=O) groups excluding carboxylic acids is 1. The Morgan fingerprint density at radius 3 is 2.56 bits per heavy atom. The molecule has 0 aromatic carbocycles. The monoisotopic (exact) mass is 256 g/mol. The zero-order valence-electron chi connectivity index (χ0n) is 9.31. The van der Waals surface area contributed by atoms with Crippen LogP contribution in [0.5, 0.6) is 0 Å². The number of aromatic nitrogens is 3. The lowest BCUT2D eigenvalue weighted by atomic mass is 10.2. The molecule has 0 spiro atoms. The summed E-state index contributed by atoms with van der Waals surface area (Å²) in [6.45, 7) is 0.241. The molecule has 0 aliphatic heterocycles. The van der Waals surface area contributed by atoms with Gasteiger partial charge in [-0.1, -0.05) is 0 Å². The van der Waals surface area contributed by atoms with Crippen LogP contribution in [0.2, 0.25) is 0 Å². The first-order valence-electron chi connectivity index (χ1n) is 5.05. The number of nitrogens with one attached hydrogen (secondary N) is 1. The number of carboxylic acids is 2. The molecule has 1 atom stereocenters. The molecule has 1 amide bonds. The Morgan fingerprint density at radius 1 is 1.33 bits per heavy atom. The van der Waals surface area contributed by atoms with Crippen molar-refractivity contribution < 1.29 is 24.6 Å². The van der Waals surface area contributed by atoms with Crippen molar-refractivity contribution in [2.24, 2.45) is 0 Å². The Morgan fingerprint density at radius 2 is 2.06 bits per heavy atom. The lowest BCUT2D eigenvalue weighted by molar-refractivity contribution is -0.147. The number of aliphatic carboxylic acids is 2. The SMILES string of the molecule is O=C(O)C[C@H](NC(=O)CCn1cncn1)C(=O)O. The van der Waals surface area contributed by atoms with E-state index in [9.17, 15) is 14.4 Å². The molecule has 1 heterocycles. The fourth-order valence-corrected chi connectivity index (χ4v) is 1.21. The van der Waals surface area contributed by atoms with Gasteiger partial charge in [-0.3, -0.25) is 14.3 Å². The minimum Gasteiger partial charge on any atom is -0.481 e. The molecule has 0 aliphatic carbocycles. The highest BCUT2D eigenvalue weighted by Crippen LogP contribution is 1.95. The minimum absolute atomic E-state index is 0.00718. The number of nitrogens with zero attached hydrogens (tertiary/aromatic N) is 3. The van der Waals surface area contributed by atoms with Crippen LogP contribution < -0.4 is 5.32 Å². The van der Waals surface area contributed by atoms with Gasteiger partial charge >= 0.3 is 11.9 Å². The molecule has 18 heavy (non-hydrogen) atoms. The molecule has 1 rings (SSSR count). The summed E-state index contributed by atoms with van der Waals surface area (Å²) in [5.41, 5.74) is 0. The second-order valence-corrected chi connectivity index (χ2v) is 3.46. The van der Waals surface area contributed by atoms with Crippen LogP contribution in [-0.4, -0.2) is 48.9 Å². The third-order valence-electron chi connectivity index (χ3n) is 2.05. The number of hydrogen-bond donors (Lipinski definition) is 3. The summed E-state index contributed by atoms with van der Waals surface area (Å²) in [4.78, 5) is 36.2. The molecule has 0 radical (unpaired) electrons. The predicted molar refractivity (Wildman–Crippen MR) is 56.5 cm³/mol. The highest BCUT2D eigenvalue weighted by atomic mass is 16.4. The lowest BCUT2D eigenvalue weighted by Crippen LogP contribution is -2.42. The van der Waals surface area contributed by atoms with Gasteiger partial charge in [-0.15, -0.1) is 0 Å². The quantitative estimate of drug-likeness (QED) is 0.552. The summed E-state index contributed by atoms with van der Waals surface area (Å²) in [5.74, 6) is -3.23. The second kappa shape index (κ2) is 6.33. The van der Waals surface area contributed by atoms with Crippen molar-refractivity contribution in [3.8, 4) is 0 Å². The molecule has 0 saturated heterocycles. The maximum atomic E-state index is 11.4. The maximum absolute atomic E-state index is 11.4. The summed E-state index contributed by atoms with van der Waals surface area (Å²) in [5, 5.41) is 23.1. The molecule has 0 aliphatic rings. The Hall–Kier alpha value is -2.45. The van der Waals surface area contributed by atoms with Gasteiger partial charge in [0, 0.05) is 6.42 Å². The summed E-state index contributed by atoms with van der Waals surface area (Å²) in [6, 6.07) is -1.43. The van der Waals surface area contributed by atoms with Crippen LogP contribution in [0.4, 0.5) is 0 Å². The molecule has 98 valence electrons. The Bertz CT molecular complexity index is 430. The zero-order chi connectivity index (χ0) is 13.5. The van der Waals surface area contributed by atoms with Crippen molar-refractivity contribution in [3.05, 3.63) is 12.7 Å². The predicted octanol–water partition coefficient (Wildman–Crippen LogP) is -1.29. The lowest BCUT2D eigenvalue weighted by Gasteiger charge is -2.12. The normalized spacial score (nSPS) is 11.8. The van der Waals surface area contributed by atoms with E-state index in [-0.39, 0.29) is 13.0 Å². The van der Waals surface area contributed by atoms with E-state index >= 15 is 0 Å². The Labute approximate surface area is 101 Å². The van der Waals surface area contributed by atoms with Crippen molar-refractivity contribution >= 4 is 17.8 Å². The molecular formula is C9H12N4O5. The van der Waals surface area contributed by atoms with Gasteiger partial charge in [0.1, 0.15) is 18.7 Å². The standard InChI is InChI=1S/C9H12N4O5/c14-7(1-2-13-5-10-4-11-13)12-6(9(17)18)3-8(15)16/h4-6H,1-3H2,(H,12,14)(H,15,16)(H,17,18)/t6-/m0/s1. The van der Waals surface area contributed by atoms with E-state index < -0.39 is 30.3 Å². The molecule has 1 aromatic rings. The van der Waals surface area contributed by atoms with Gasteiger partial charge < -0.3 is 15.5 Å². The van der Waals surface area contributed by atoms with Crippen LogP contribution in [0.3, 0.4) is 0 Å². The first-order valence-corrected chi connectivity index (χ1v) is 5.05. The first-order chi connectivity index (χ1) is 8.49.